The van der Waals surface area contributed by atoms with Gasteiger partial charge in [-0.3, -0.25) is 4.90 Å². The van der Waals surface area contributed by atoms with Gasteiger partial charge in [-0.05, 0) is 93.0 Å². The molecule has 0 spiro atoms. The van der Waals surface area contributed by atoms with Crippen molar-refractivity contribution in [1.82, 2.24) is 14.9 Å². The fraction of sp³-hybridized carbons (Fsp3) is 0.467. The van der Waals surface area contributed by atoms with Crippen molar-refractivity contribution < 1.29 is 35.3 Å². The molecular formula is C30H32F3N3O5S. The number of hydrogen-bond donors (Lipinski definition) is 1. The standard InChI is InChI=1S/C30H32F3N3O5S/c1-29(2,3)40-28(37)36-14-4-5-23(36)27-34-16-22(35-27)18-8-6-17(7-9-18)21-12-13-24(41-42(38,39)30(31,32)33)26-20-11-10-19(15-20)25(21)26/h6-9,12-13,16,19-20,23H,4-5,10-11,14-15H2,1-3H3,(H,34,35). The number of likely N-dealkylation sites (tertiary alicyclic amines) is 1. The molecule has 1 N–H and O–H groups in total. The molecule has 2 aromatic carbocycles. The summed E-state index contributed by atoms with van der Waals surface area (Å²) >= 11 is 0. The smallest absolute Gasteiger partial charge is 0.444 e. The van der Waals surface area contributed by atoms with Crippen molar-refractivity contribution in [2.75, 3.05) is 6.54 Å². The Kier molecular flexibility index (Phi) is 6.82. The summed E-state index contributed by atoms with van der Waals surface area (Å²) in [5.74, 6) is 0.580. The third kappa shape index (κ3) is 5.14. The topological polar surface area (TPSA) is 102 Å². The van der Waals surface area contributed by atoms with Gasteiger partial charge in [0, 0.05) is 12.1 Å². The molecule has 2 bridgehead atoms. The number of nitrogens with one attached hydrogen (secondary N) is 1. The maximum Gasteiger partial charge on any atom is 0.534 e. The highest BCUT2D eigenvalue weighted by Crippen LogP contribution is 2.58. The van der Waals surface area contributed by atoms with E-state index in [9.17, 15) is 26.4 Å². The molecule has 2 heterocycles. The summed E-state index contributed by atoms with van der Waals surface area (Å²) in [5.41, 5.74) is -1.22. The molecule has 3 aliphatic rings. The minimum atomic E-state index is -5.76. The number of carbonyl (C=O) groups is 1. The Morgan fingerprint density at radius 3 is 2.31 bits per heavy atom. The van der Waals surface area contributed by atoms with Crippen LogP contribution in [0.25, 0.3) is 22.4 Å². The Morgan fingerprint density at radius 2 is 1.64 bits per heavy atom. The molecule has 8 nitrogen and oxygen atoms in total. The number of ether oxygens (including phenoxy) is 1. The second-order valence-electron chi connectivity index (χ2n) is 12.2. The average molecular weight is 604 g/mol. The average Bonchev–Trinajstić information content (AvgIpc) is 3.71. The number of aromatic amines is 1. The Hall–Kier alpha value is -3.54. The van der Waals surface area contributed by atoms with Gasteiger partial charge < -0.3 is 13.9 Å². The maximum atomic E-state index is 13.0. The predicted molar refractivity (Wildman–Crippen MR) is 149 cm³/mol. The molecule has 3 aromatic rings. The molecule has 3 atom stereocenters. The van der Waals surface area contributed by atoms with Crippen molar-refractivity contribution in [2.24, 2.45) is 0 Å². The first-order valence-corrected chi connectivity index (χ1v) is 15.5. The zero-order valence-electron chi connectivity index (χ0n) is 23.5. The summed E-state index contributed by atoms with van der Waals surface area (Å²) in [5, 5.41) is 0. The van der Waals surface area contributed by atoms with E-state index in [2.05, 4.69) is 14.2 Å². The third-order valence-electron chi connectivity index (χ3n) is 8.28. The fourth-order valence-electron chi connectivity index (χ4n) is 6.55. The molecular weight excluding hydrogens is 571 g/mol. The summed E-state index contributed by atoms with van der Waals surface area (Å²) < 4.78 is 72.9. The molecule has 6 rings (SSSR count). The molecule has 224 valence electrons. The van der Waals surface area contributed by atoms with Crippen LogP contribution in [-0.2, 0) is 14.9 Å². The molecule has 3 unspecified atom stereocenters. The molecule has 2 aliphatic carbocycles. The number of nitrogens with zero attached hydrogens (tertiary/aromatic N) is 2. The summed E-state index contributed by atoms with van der Waals surface area (Å²) in [6.07, 6.45) is 5.47. The summed E-state index contributed by atoms with van der Waals surface area (Å²) in [4.78, 5) is 22.4. The number of hydrogen-bond acceptors (Lipinski definition) is 6. The predicted octanol–water partition coefficient (Wildman–Crippen LogP) is 7.41. The van der Waals surface area contributed by atoms with Crippen molar-refractivity contribution in [3.8, 4) is 28.1 Å². The van der Waals surface area contributed by atoms with Crippen molar-refractivity contribution in [1.29, 1.82) is 0 Å². The Bertz CT molecular complexity index is 1630. The second-order valence-corrected chi connectivity index (χ2v) is 13.8. The van der Waals surface area contributed by atoms with Crippen LogP contribution in [0, 0.1) is 0 Å². The Balaban J connectivity index is 1.25. The van der Waals surface area contributed by atoms with Gasteiger partial charge in [0.1, 0.15) is 17.2 Å². The number of benzene rings is 2. The Morgan fingerprint density at radius 1 is 0.976 bits per heavy atom. The van der Waals surface area contributed by atoms with Crippen LogP contribution in [0.3, 0.4) is 0 Å². The summed E-state index contributed by atoms with van der Waals surface area (Å²) in [6, 6.07) is 10.5. The van der Waals surface area contributed by atoms with Crippen molar-refractivity contribution in [3.63, 3.8) is 0 Å². The normalized spacial score (nSPS) is 22.0. The van der Waals surface area contributed by atoms with E-state index >= 15 is 0 Å². The van der Waals surface area contributed by atoms with Crippen LogP contribution in [-0.4, -0.2) is 47.0 Å². The lowest BCUT2D eigenvalue weighted by atomic mass is 9.85. The van der Waals surface area contributed by atoms with Gasteiger partial charge in [0.05, 0.1) is 17.9 Å². The lowest BCUT2D eigenvalue weighted by Crippen LogP contribution is -2.36. The van der Waals surface area contributed by atoms with Gasteiger partial charge in [-0.1, -0.05) is 30.3 Å². The molecule has 1 saturated carbocycles. The van der Waals surface area contributed by atoms with Gasteiger partial charge in [0.25, 0.3) is 0 Å². The third-order valence-corrected chi connectivity index (χ3v) is 9.24. The highest BCUT2D eigenvalue weighted by atomic mass is 32.2. The number of aromatic nitrogens is 2. The SMILES string of the molecule is CC(C)(C)OC(=O)N1CCCC1c1ncc(-c2ccc(-c3ccc(OS(=O)(=O)C(F)(F)F)c4c3C3CCC4C3)cc2)[nH]1. The van der Waals surface area contributed by atoms with Crippen LogP contribution in [0.1, 0.15) is 87.7 Å². The first kappa shape index (κ1) is 28.6. The van der Waals surface area contributed by atoms with Crippen molar-refractivity contribution in [3.05, 3.63) is 59.5 Å². The highest BCUT2D eigenvalue weighted by Gasteiger charge is 2.50. The molecule has 2 fully saturated rings. The number of fused-ring (bicyclic) bond motifs is 5. The highest BCUT2D eigenvalue weighted by molar-refractivity contribution is 7.88. The minimum Gasteiger partial charge on any atom is -0.444 e. The van der Waals surface area contributed by atoms with E-state index in [1.807, 2.05) is 45.0 Å². The number of carbonyl (C=O) groups excluding carboxylic acids is 1. The number of alkyl halides is 3. The van der Waals surface area contributed by atoms with Crippen LogP contribution in [0.5, 0.6) is 5.75 Å². The summed E-state index contributed by atoms with van der Waals surface area (Å²) in [7, 11) is -5.76. The molecule has 1 aromatic heterocycles. The van der Waals surface area contributed by atoms with Crippen LogP contribution in [0.2, 0.25) is 0 Å². The lowest BCUT2D eigenvalue weighted by Gasteiger charge is -2.27. The van der Waals surface area contributed by atoms with E-state index in [0.717, 1.165) is 60.1 Å². The summed E-state index contributed by atoms with van der Waals surface area (Å²) in [6.45, 7) is 6.11. The van der Waals surface area contributed by atoms with Crippen LogP contribution >= 0.6 is 0 Å². The second kappa shape index (κ2) is 10.0. The number of H-pyrrole nitrogens is 1. The largest absolute Gasteiger partial charge is 0.534 e. The monoisotopic (exact) mass is 603 g/mol. The van der Waals surface area contributed by atoms with E-state index in [1.54, 1.807) is 17.2 Å². The number of rotatable bonds is 5. The first-order valence-electron chi connectivity index (χ1n) is 14.0. The molecule has 0 radical (unpaired) electrons. The zero-order chi connectivity index (χ0) is 30.0. The van der Waals surface area contributed by atoms with Crippen LogP contribution < -0.4 is 4.18 Å². The van der Waals surface area contributed by atoms with E-state index in [4.69, 9.17) is 4.74 Å². The minimum absolute atomic E-state index is 0.0260. The number of amides is 1. The van der Waals surface area contributed by atoms with Gasteiger partial charge >= 0.3 is 21.7 Å². The van der Waals surface area contributed by atoms with Crippen molar-refractivity contribution in [2.45, 2.75) is 81.9 Å². The molecule has 1 aliphatic heterocycles. The fourth-order valence-corrected chi connectivity index (χ4v) is 7.02. The molecule has 42 heavy (non-hydrogen) atoms. The molecule has 12 heteroatoms. The van der Waals surface area contributed by atoms with E-state index in [1.165, 1.54) is 6.07 Å². The van der Waals surface area contributed by atoms with Crippen LogP contribution in [0.15, 0.2) is 42.6 Å². The molecule has 1 amide bonds. The van der Waals surface area contributed by atoms with Crippen molar-refractivity contribution >= 4 is 16.2 Å². The lowest BCUT2D eigenvalue weighted by molar-refractivity contribution is -0.0500. The van der Waals surface area contributed by atoms with Gasteiger partial charge in [-0.15, -0.1) is 0 Å². The van der Waals surface area contributed by atoms with E-state index in [0.29, 0.717) is 17.9 Å². The zero-order valence-corrected chi connectivity index (χ0v) is 24.3. The van der Waals surface area contributed by atoms with Gasteiger partial charge in [0.15, 0.2) is 0 Å². The Labute approximate surface area is 242 Å². The quantitative estimate of drug-likeness (QED) is 0.241. The van der Waals surface area contributed by atoms with Crippen LogP contribution in [0.4, 0.5) is 18.0 Å². The molecule has 1 saturated heterocycles. The number of imidazole rings is 1. The maximum absolute atomic E-state index is 13.0. The number of halogens is 3. The van der Waals surface area contributed by atoms with E-state index < -0.39 is 21.2 Å². The van der Waals surface area contributed by atoms with Gasteiger partial charge in [0.2, 0.25) is 0 Å². The van der Waals surface area contributed by atoms with Gasteiger partial charge in [-0.25, -0.2) is 9.78 Å². The first-order chi connectivity index (χ1) is 19.7. The van der Waals surface area contributed by atoms with Gasteiger partial charge in [-0.2, -0.15) is 21.6 Å². The van der Waals surface area contributed by atoms with E-state index in [-0.39, 0.29) is 29.7 Å².